The Morgan fingerprint density at radius 3 is 2.73 bits per heavy atom. The Morgan fingerprint density at radius 1 is 1.15 bits per heavy atom. The average Bonchev–Trinajstić information content (AvgIpc) is 3.11. The number of hydrogen-bond donors (Lipinski definition) is 0. The quantitative estimate of drug-likeness (QED) is 0.708. The first-order valence-electron chi connectivity index (χ1n) is 7.96. The van der Waals surface area contributed by atoms with Gasteiger partial charge in [-0.25, -0.2) is 14.3 Å². The van der Waals surface area contributed by atoms with Gasteiger partial charge in [-0.3, -0.25) is 4.90 Å². The van der Waals surface area contributed by atoms with Crippen molar-refractivity contribution in [1.29, 1.82) is 0 Å². The van der Waals surface area contributed by atoms with Gasteiger partial charge in [-0.1, -0.05) is 29.8 Å². The summed E-state index contributed by atoms with van der Waals surface area (Å²) in [5.41, 5.74) is 1.04. The van der Waals surface area contributed by atoms with Gasteiger partial charge in [-0.05, 0) is 29.8 Å². The standard InChI is InChI=1S/C18H15ClN4O3/c1-26-15-7-3-6-14(9-15)21-11-16-20-17(24)22(23(16)18(21)25)10-12-4-2-5-13(19)8-12/h2-9H,10-11H2,1H3. The van der Waals surface area contributed by atoms with E-state index >= 15 is 0 Å². The fourth-order valence-electron chi connectivity index (χ4n) is 3.01. The zero-order chi connectivity index (χ0) is 18.3. The summed E-state index contributed by atoms with van der Waals surface area (Å²) in [5, 5.41) is 0.570. The van der Waals surface area contributed by atoms with Crippen LogP contribution in [0.2, 0.25) is 5.02 Å². The molecule has 26 heavy (non-hydrogen) atoms. The normalized spacial score (nSPS) is 13.2. The van der Waals surface area contributed by atoms with E-state index < -0.39 is 5.69 Å². The van der Waals surface area contributed by atoms with Gasteiger partial charge in [0, 0.05) is 16.8 Å². The third-order valence-electron chi connectivity index (χ3n) is 4.23. The maximum absolute atomic E-state index is 12.9. The van der Waals surface area contributed by atoms with Gasteiger partial charge in [0.25, 0.3) is 0 Å². The van der Waals surface area contributed by atoms with Gasteiger partial charge in [0.1, 0.15) is 5.75 Å². The van der Waals surface area contributed by atoms with Gasteiger partial charge in [-0.15, -0.1) is 0 Å². The molecule has 8 heteroatoms. The van der Waals surface area contributed by atoms with Crippen LogP contribution < -0.4 is 15.3 Å². The molecular weight excluding hydrogens is 356 g/mol. The summed E-state index contributed by atoms with van der Waals surface area (Å²) in [5.74, 6) is 1.06. The number of amides is 1. The zero-order valence-electron chi connectivity index (χ0n) is 13.9. The third-order valence-corrected chi connectivity index (χ3v) is 4.46. The molecule has 0 radical (unpaired) electrons. The molecule has 0 atom stereocenters. The van der Waals surface area contributed by atoms with Crippen LogP contribution in [-0.4, -0.2) is 27.5 Å². The smallest absolute Gasteiger partial charge is 0.364 e. The fraction of sp³-hybridized carbons (Fsp3) is 0.167. The molecule has 0 bridgehead atoms. The lowest BCUT2D eigenvalue weighted by molar-refractivity contribution is 0.244. The number of halogens is 1. The lowest BCUT2D eigenvalue weighted by Crippen LogP contribution is -2.34. The lowest BCUT2D eigenvalue weighted by atomic mass is 10.2. The Hall–Kier alpha value is -3.06. The van der Waals surface area contributed by atoms with Crippen molar-refractivity contribution >= 4 is 23.3 Å². The van der Waals surface area contributed by atoms with Crippen LogP contribution in [0, 0.1) is 0 Å². The number of fused-ring (bicyclic) bond motifs is 1. The van der Waals surface area contributed by atoms with E-state index in [9.17, 15) is 9.59 Å². The number of hydrogen-bond acceptors (Lipinski definition) is 4. The fourth-order valence-corrected chi connectivity index (χ4v) is 3.22. The Kier molecular flexibility index (Phi) is 4.00. The first kappa shape index (κ1) is 16.4. The molecule has 0 N–H and O–H groups in total. The lowest BCUT2D eigenvalue weighted by Gasteiger charge is -2.16. The van der Waals surface area contributed by atoms with Crippen molar-refractivity contribution in [2.24, 2.45) is 0 Å². The number of methoxy groups -OCH3 is 1. The summed E-state index contributed by atoms with van der Waals surface area (Å²) >= 11 is 6.01. The molecular formula is C18H15ClN4O3. The van der Waals surface area contributed by atoms with Crippen LogP contribution in [0.1, 0.15) is 11.4 Å². The van der Waals surface area contributed by atoms with Crippen molar-refractivity contribution in [1.82, 2.24) is 14.3 Å². The van der Waals surface area contributed by atoms with Gasteiger partial charge >= 0.3 is 11.7 Å². The average molecular weight is 371 g/mol. The predicted octanol–water partition coefficient (Wildman–Crippen LogP) is 2.74. The number of anilines is 1. The summed E-state index contributed by atoms with van der Waals surface area (Å²) in [6.45, 7) is 0.438. The molecule has 1 aromatic heterocycles. The highest BCUT2D eigenvalue weighted by Crippen LogP contribution is 2.26. The zero-order valence-corrected chi connectivity index (χ0v) is 14.7. The Labute approximate surface area is 154 Å². The highest BCUT2D eigenvalue weighted by atomic mass is 35.5. The Morgan fingerprint density at radius 2 is 1.96 bits per heavy atom. The van der Waals surface area contributed by atoms with E-state index in [0.29, 0.717) is 22.3 Å². The summed E-state index contributed by atoms with van der Waals surface area (Å²) in [4.78, 5) is 30.7. The largest absolute Gasteiger partial charge is 0.497 e. The van der Waals surface area contributed by atoms with Gasteiger partial charge in [0.15, 0.2) is 5.82 Å². The number of aromatic nitrogens is 3. The molecule has 2 aromatic carbocycles. The summed E-state index contributed by atoms with van der Waals surface area (Å²) in [7, 11) is 1.57. The molecule has 2 heterocycles. The van der Waals surface area contributed by atoms with Crippen LogP contribution >= 0.6 is 11.6 Å². The minimum atomic E-state index is -0.460. The van der Waals surface area contributed by atoms with Gasteiger partial charge in [-0.2, -0.15) is 9.67 Å². The molecule has 3 aromatic rings. The second-order valence-electron chi connectivity index (χ2n) is 5.88. The summed E-state index contributed by atoms with van der Waals surface area (Å²) in [6.07, 6.45) is 0. The van der Waals surface area contributed by atoms with E-state index in [0.717, 1.165) is 5.56 Å². The number of carbonyl (C=O) groups excluding carboxylic acids is 1. The maximum Gasteiger partial charge on any atom is 0.364 e. The van der Waals surface area contributed by atoms with Gasteiger partial charge in [0.2, 0.25) is 0 Å². The Bertz CT molecular complexity index is 1060. The molecule has 1 aliphatic rings. The van der Waals surface area contributed by atoms with Gasteiger partial charge < -0.3 is 4.74 Å². The maximum atomic E-state index is 12.9. The Balaban J connectivity index is 1.69. The number of benzene rings is 2. The minimum Gasteiger partial charge on any atom is -0.497 e. The number of ether oxygens (including phenoxy) is 1. The van der Waals surface area contributed by atoms with E-state index in [4.69, 9.17) is 16.3 Å². The number of nitrogens with zero attached hydrogens (tertiary/aromatic N) is 4. The van der Waals surface area contributed by atoms with Crippen LogP contribution in [0.25, 0.3) is 0 Å². The second-order valence-corrected chi connectivity index (χ2v) is 6.32. The summed E-state index contributed by atoms with van der Waals surface area (Å²) < 4.78 is 7.86. The van der Waals surface area contributed by atoms with Crippen LogP contribution in [0.5, 0.6) is 5.75 Å². The van der Waals surface area contributed by atoms with Crippen LogP contribution in [0.4, 0.5) is 10.5 Å². The van der Waals surface area contributed by atoms with Crippen molar-refractivity contribution in [2.45, 2.75) is 13.1 Å². The van der Waals surface area contributed by atoms with Crippen LogP contribution in [0.15, 0.2) is 53.3 Å². The van der Waals surface area contributed by atoms with Gasteiger partial charge in [0.05, 0.1) is 20.2 Å². The molecule has 7 nitrogen and oxygen atoms in total. The van der Waals surface area contributed by atoms with Crippen molar-refractivity contribution in [3.8, 4) is 5.75 Å². The molecule has 4 rings (SSSR count). The topological polar surface area (TPSA) is 69.4 Å². The van der Waals surface area contributed by atoms with Crippen LogP contribution in [0.3, 0.4) is 0 Å². The summed E-state index contributed by atoms with van der Waals surface area (Å²) in [6, 6.07) is 14.0. The van der Waals surface area contributed by atoms with Crippen molar-refractivity contribution in [2.75, 3.05) is 12.0 Å². The SMILES string of the molecule is COc1cccc(N2Cc3nc(=O)n(Cc4cccc(Cl)c4)n3C2=O)c1. The molecule has 132 valence electrons. The molecule has 1 aliphatic heterocycles. The molecule has 0 saturated carbocycles. The van der Waals surface area contributed by atoms with E-state index in [1.165, 1.54) is 9.36 Å². The number of carbonyl (C=O) groups is 1. The monoisotopic (exact) mass is 370 g/mol. The third kappa shape index (κ3) is 2.76. The van der Waals surface area contributed by atoms with Crippen molar-refractivity contribution < 1.29 is 9.53 Å². The molecule has 0 fully saturated rings. The molecule has 0 saturated heterocycles. The highest BCUT2D eigenvalue weighted by Gasteiger charge is 2.33. The predicted molar refractivity (Wildman–Crippen MR) is 97.0 cm³/mol. The van der Waals surface area contributed by atoms with E-state index in [1.807, 2.05) is 18.2 Å². The molecule has 0 unspecified atom stereocenters. The van der Waals surface area contributed by atoms with Crippen LogP contribution in [-0.2, 0) is 13.1 Å². The van der Waals surface area contributed by atoms with E-state index in [-0.39, 0.29) is 19.1 Å². The van der Waals surface area contributed by atoms with E-state index in [1.54, 1.807) is 42.3 Å². The highest BCUT2D eigenvalue weighted by molar-refractivity contribution is 6.30. The minimum absolute atomic E-state index is 0.212. The number of rotatable bonds is 4. The van der Waals surface area contributed by atoms with Crippen molar-refractivity contribution in [3.63, 3.8) is 0 Å². The molecule has 0 spiro atoms. The van der Waals surface area contributed by atoms with Crippen molar-refractivity contribution in [3.05, 3.63) is 75.4 Å². The van der Waals surface area contributed by atoms with E-state index in [2.05, 4.69) is 4.98 Å². The molecule has 1 amide bonds. The first-order chi connectivity index (χ1) is 12.6. The first-order valence-corrected chi connectivity index (χ1v) is 8.34. The molecule has 0 aliphatic carbocycles. The second kappa shape index (κ2) is 6.34.